The smallest absolute Gasteiger partial charge is 0.258 e. The largest absolute Gasteiger partial charge is 0.484 e. The number of rotatable bonds is 4. The van der Waals surface area contributed by atoms with Gasteiger partial charge < -0.3 is 10.1 Å². The van der Waals surface area contributed by atoms with E-state index < -0.39 is 0 Å². The maximum Gasteiger partial charge on any atom is 0.258 e. The molecule has 1 N–H and O–H groups in total. The van der Waals surface area contributed by atoms with E-state index in [1.807, 2.05) is 18.2 Å². The van der Waals surface area contributed by atoms with Crippen LogP contribution in [0.4, 0.5) is 4.39 Å². The molecule has 0 aliphatic heterocycles. The van der Waals surface area contributed by atoms with E-state index >= 15 is 0 Å². The Bertz CT molecular complexity index is 659. The quantitative estimate of drug-likeness (QED) is 0.875. The summed E-state index contributed by atoms with van der Waals surface area (Å²) in [6.45, 7) is 0.0662. The van der Waals surface area contributed by atoms with E-state index in [2.05, 4.69) is 17.2 Å². The summed E-state index contributed by atoms with van der Waals surface area (Å²) in [5.41, 5.74) is 0.312. The average Bonchev–Trinajstić information content (AvgIpc) is 2.52. The number of hydrogen-bond acceptors (Lipinski definition) is 2. The standard InChI is InChI=1S/C17H14FNO2/c18-16-11-5-4-7-14(16)8-6-12-19-17(20)13-21-15-9-2-1-3-10-15/h1-5,7,9-11H,12-13H2,(H,19,20). The molecule has 4 heteroatoms. The molecule has 21 heavy (non-hydrogen) atoms. The van der Waals surface area contributed by atoms with Gasteiger partial charge in [-0.2, -0.15) is 0 Å². The number of carbonyl (C=O) groups excluding carboxylic acids is 1. The van der Waals surface area contributed by atoms with Gasteiger partial charge in [0, 0.05) is 0 Å². The molecule has 2 rings (SSSR count). The van der Waals surface area contributed by atoms with E-state index in [1.54, 1.807) is 30.3 Å². The van der Waals surface area contributed by atoms with Gasteiger partial charge in [0.25, 0.3) is 5.91 Å². The third kappa shape index (κ3) is 5.00. The van der Waals surface area contributed by atoms with E-state index in [4.69, 9.17) is 4.74 Å². The topological polar surface area (TPSA) is 38.3 Å². The zero-order valence-electron chi connectivity index (χ0n) is 11.3. The summed E-state index contributed by atoms with van der Waals surface area (Å²) in [5.74, 6) is 5.34. The summed E-state index contributed by atoms with van der Waals surface area (Å²) in [6.07, 6.45) is 0. The highest BCUT2D eigenvalue weighted by Gasteiger charge is 2.00. The van der Waals surface area contributed by atoms with Gasteiger partial charge in [-0.25, -0.2) is 4.39 Å². The van der Waals surface area contributed by atoms with E-state index in [0.29, 0.717) is 11.3 Å². The number of ether oxygens (including phenoxy) is 1. The van der Waals surface area contributed by atoms with Gasteiger partial charge >= 0.3 is 0 Å². The van der Waals surface area contributed by atoms with Crippen molar-refractivity contribution in [2.24, 2.45) is 0 Å². The average molecular weight is 283 g/mol. The fourth-order valence-corrected chi connectivity index (χ4v) is 1.56. The molecular weight excluding hydrogens is 269 g/mol. The van der Waals surface area contributed by atoms with Gasteiger partial charge in [0.1, 0.15) is 11.6 Å². The molecule has 106 valence electrons. The summed E-state index contributed by atoms with van der Waals surface area (Å²) in [7, 11) is 0. The van der Waals surface area contributed by atoms with Crippen LogP contribution in [0.5, 0.6) is 5.75 Å². The second-order valence-corrected chi connectivity index (χ2v) is 4.16. The Hall–Kier alpha value is -2.80. The Balaban J connectivity index is 1.74. The lowest BCUT2D eigenvalue weighted by atomic mass is 10.2. The predicted octanol–water partition coefficient (Wildman–Crippen LogP) is 2.37. The molecule has 0 heterocycles. The van der Waals surface area contributed by atoms with Crippen LogP contribution in [-0.4, -0.2) is 19.1 Å². The lowest BCUT2D eigenvalue weighted by Gasteiger charge is -2.04. The van der Waals surface area contributed by atoms with Gasteiger partial charge in [-0.1, -0.05) is 42.2 Å². The van der Waals surface area contributed by atoms with Gasteiger partial charge in [-0.15, -0.1) is 0 Å². The van der Waals surface area contributed by atoms with Crippen molar-refractivity contribution in [3.8, 4) is 17.6 Å². The molecule has 0 saturated carbocycles. The molecule has 0 unspecified atom stereocenters. The van der Waals surface area contributed by atoms with E-state index in [0.717, 1.165) is 0 Å². The normalized spacial score (nSPS) is 9.38. The molecule has 0 aliphatic carbocycles. The summed E-state index contributed by atoms with van der Waals surface area (Å²) in [6, 6.07) is 15.3. The van der Waals surface area contributed by atoms with Crippen molar-refractivity contribution in [2.45, 2.75) is 0 Å². The van der Waals surface area contributed by atoms with E-state index in [-0.39, 0.29) is 24.9 Å². The highest BCUT2D eigenvalue weighted by Crippen LogP contribution is 2.07. The third-order valence-corrected chi connectivity index (χ3v) is 2.58. The first-order valence-electron chi connectivity index (χ1n) is 6.43. The molecule has 0 radical (unpaired) electrons. The Morgan fingerprint density at radius 3 is 2.57 bits per heavy atom. The van der Waals surface area contributed by atoms with E-state index in [1.165, 1.54) is 6.07 Å². The predicted molar refractivity (Wildman–Crippen MR) is 78.2 cm³/mol. The zero-order valence-corrected chi connectivity index (χ0v) is 11.3. The molecule has 0 fully saturated rings. The van der Waals surface area contributed by atoms with Crippen LogP contribution in [0.15, 0.2) is 54.6 Å². The molecule has 2 aromatic rings. The first kappa shape index (κ1) is 14.6. The molecule has 0 aliphatic rings. The van der Waals surface area contributed by atoms with Crippen molar-refractivity contribution in [1.29, 1.82) is 0 Å². The number of para-hydroxylation sites is 1. The summed E-state index contributed by atoms with van der Waals surface area (Å²) >= 11 is 0. The van der Waals surface area contributed by atoms with Crippen molar-refractivity contribution in [2.75, 3.05) is 13.2 Å². The number of carbonyl (C=O) groups is 1. The van der Waals surface area contributed by atoms with Crippen LogP contribution >= 0.6 is 0 Å². The molecule has 0 spiro atoms. The van der Waals surface area contributed by atoms with Crippen molar-refractivity contribution >= 4 is 5.91 Å². The lowest BCUT2D eigenvalue weighted by molar-refractivity contribution is -0.122. The molecule has 0 atom stereocenters. The molecule has 3 nitrogen and oxygen atoms in total. The second-order valence-electron chi connectivity index (χ2n) is 4.16. The molecule has 0 saturated heterocycles. The number of amides is 1. The Morgan fingerprint density at radius 2 is 1.81 bits per heavy atom. The van der Waals surface area contributed by atoms with Crippen molar-refractivity contribution in [1.82, 2.24) is 5.32 Å². The lowest BCUT2D eigenvalue weighted by Crippen LogP contribution is -2.29. The minimum absolute atomic E-state index is 0.0780. The van der Waals surface area contributed by atoms with Crippen molar-refractivity contribution < 1.29 is 13.9 Å². The van der Waals surface area contributed by atoms with Gasteiger partial charge in [-0.3, -0.25) is 4.79 Å². The molecule has 0 aromatic heterocycles. The van der Waals surface area contributed by atoms with Crippen molar-refractivity contribution in [3.05, 3.63) is 66.0 Å². The van der Waals surface area contributed by atoms with Crippen LogP contribution in [0.2, 0.25) is 0 Å². The van der Waals surface area contributed by atoms with Gasteiger partial charge in [0.05, 0.1) is 12.1 Å². The number of nitrogens with one attached hydrogen (secondary N) is 1. The van der Waals surface area contributed by atoms with Gasteiger partial charge in [-0.05, 0) is 24.3 Å². The van der Waals surface area contributed by atoms with Crippen LogP contribution in [0.25, 0.3) is 0 Å². The van der Waals surface area contributed by atoms with Crippen LogP contribution in [0.3, 0.4) is 0 Å². The highest BCUT2D eigenvalue weighted by atomic mass is 19.1. The van der Waals surface area contributed by atoms with E-state index in [9.17, 15) is 9.18 Å². The Kier molecular flexibility index (Phi) is 5.36. The summed E-state index contributed by atoms with van der Waals surface area (Å²) in [4.78, 5) is 11.5. The zero-order chi connectivity index (χ0) is 14.9. The van der Waals surface area contributed by atoms with Crippen LogP contribution in [0.1, 0.15) is 5.56 Å². The van der Waals surface area contributed by atoms with Gasteiger partial charge in [0.2, 0.25) is 0 Å². The first-order chi connectivity index (χ1) is 10.3. The summed E-state index contributed by atoms with van der Waals surface area (Å²) < 4.78 is 18.6. The minimum Gasteiger partial charge on any atom is -0.484 e. The monoisotopic (exact) mass is 283 g/mol. The first-order valence-corrected chi connectivity index (χ1v) is 6.43. The minimum atomic E-state index is -0.372. The van der Waals surface area contributed by atoms with Crippen LogP contribution < -0.4 is 10.1 Å². The SMILES string of the molecule is O=C(COc1ccccc1)NCC#Cc1ccccc1F. The maximum atomic E-state index is 13.3. The number of benzene rings is 2. The fraction of sp³-hybridized carbons (Fsp3) is 0.118. The molecule has 0 bridgehead atoms. The molecular formula is C17H14FNO2. The molecule has 1 amide bonds. The van der Waals surface area contributed by atoms with Crippen LogP contribution in [0, 0.1) is 17.7 Å². The van der Waals surface area contributed by atoms with Gasteiger partial charge in [0.15, 0.2) is 6.61 Å². The third-order valence-electron chi connectivity index (χ3n) is 2.58. The van der Waals surface area contributed by atoms with Crippen LogP contribution in [-0.2, 0) is 4.79 Å². The summed E-state index contributed by atoms with van der Waals surface area (Å²) in [5, 5.41) is 2.58. The van der Waals surface area contributed by atoms with Crippen molar-refractivity contribution in [3.63, 3.8) is 0 Å². The molecule has 2 aromatic carbocycles. The Labute approximate surface area is 122 Å². The number of hydrogen-bond donors (Lipinski definition) is 1. The fourth-order valence-electron chi connectivity index (χ4n) is 1.56. The maximum absolute atomic E-state index is 13.3. The highest BCUT2D eigenvalue weighted by molar-refractivity contribution is 5.77. The number of halogens is 1. The Morgan fingerprint density at radius 1 is 1.10 bits per heavy atom. The second kappa shape index (κ2) is 7.71.